The first kappa shape index (κ1) is 18.7. The third-order valence-corrected chi connectivity index (χ3v) is 5.22. The van der Waals surface area contributed by atoms with Gasteiger partial charge in [-0.1, -0.05) is 78.9 Å². The number of carbonyl (C=O) groups is 2. The number of nitrogens with one attached hydrogen (secondary N) is 1. The Morgan fingerprint density at radius 2 is 1.41 bits per heavy atom. The predicted octanol–water partition coefficient (Wildman–Crippen LogP) is 4.22. The highest BCUT2D eigenvalue weighted by Crippen LogP contribution is 2.44. The molecule has 0 saturated carbocycles. The fraction of sp³-hybridized carbons (Fsp3) is 0.167. The zero-order valence-electron chi connectivity index (χ0n) is 15.7. The van der Waals surface area contributed by atoms with Gasteiger partial charge < -0.3 is 15.2 Å². The van der Waals surface area contributed by atoms with Gasteiger partial charge in [-0.25, -0.2) is 9.59 Å². The molecule has 146 valence electrons. The minimum Gasteiger partial charge on any atom is -0.480 e. The van der Waals surface area contributed by atoms with Crippen LogP contribution in [0, 0.1) is 0 Å². The summed E-state index contributed by atoms with van der Waals surface area (Å²) < 4.78 is 5.44. The first-order chi connectivity index (χ1) is 14.1. The van der Waals surface area contributed by atoms with Crippen LogP contribution in [-0.4, -0.2) is 29.8 Å². The first-order valence-corrected chi connectivity index (χ1v) is 9.51. The van der Waals surface area contributed by atoms with Gasteiger partial charge in [-0.3, -0.25) is 0 Å². The van der Waals surface area contributed by atoms with Crippen LogP contribution in [0.3, 0.4) is 0 Å². The Morgan fingerprint density at radius 1 is 0.862 bits per heavy atom. The average Bonchev–Trinajstić information content (AvgIpc) is 3.06. The van der Waals surface area contributed by atoms with Crippen LogP contribution in [0.1, 0.15) is 22.6 Å². The average molecular weight is 388 g/mol. The third-order valence-electron chi connectivity index (χ3n) is 5.22. The van der Waals surface area contributed by atoms with Crippen molar-refractivity contribution in [1.82, 2.24) is 5.32 Å². The van der Waals surface area contributed by atoms with Crippen LogP contribution in [0.15, 0.2) is 78.9 Å². The van der Waals surface area contributed by atoms with E-state index in [1.807, 2.05) is 66.7 Å². The molecule has 0 aromatic heterocycles. The monoisotopic (exact) mass is 388 g/mol. The van der Waals surface area contributed by atoms with E-state index in [9.17, 15) is 14.7 Å². The van der Waals surface area contributed by atoms with Crippen molar-refractivity contribution < 1.29 is 19.4 Å². The first-order valence-electron chi connectivity index (χ1n) is 9.51. The van der Waals surface area contributed by atoms with Crippen molar-refractivity contribution in [3.05, 3.63) is 95.6 Å². The molecule has 1 amide bonds. The number of fused-ring (bicyclic) bond motifs is 3. The highest BCUT2D eigenvalue weighted by atomic mass is 16.6. The molecule has 1 aliphatic rings. The predicted molar refractivity (Wildman–Crippen MR) is 110 cm³/mol. The van der Waals surface area contributed by atoms with E-state index >= 15 is 0 Å². The summed E-state index contributed by atoms with van der Waals surface area (Å²) in [6.45, 7) is 0.150. The van der Waals surface area contributed by atoms with Gasteiger partial charge in [0, 0.05) is 12.3 Å². The lowest BCUT2D eigenvalue weighted by Gasteiger charge is -2.17. The Morgan fingerprint density at radius 3 is 2.00 bits per heavy atom. The van der Waals surface area contributed by atoms with Crippen LogP contribution in [0.4, 0.5) is 4.79 Å². The molecule has 2 N–H and O–H groups in total. The Kier molecular flexibility index (Phi) is 5.29. The van der Waals surface area contributed by atoms with E-state index in [0.29, 0.717) is 0 Å². The Labute approximate surface area is 169 Å². The van der Waals surface area contributed by atoms with Crippen molar-refractivity contribution >= 4 is 12.1 Å². The molecule has 0 heterocycles. The van der Waals surface area contributed by atoms with Crippen molar-refractivity contribution in [2.75, 3.05) is 6.61 Å². The van der Waals surface area contributed by atoms with Gasteiger partial charge in [0.1, 0.15) is 12.6 Å². The van der Waals surface area contributed by atoms with E-state index in [2.05, 4.69) is 17.4 Å². The summed E-state index contributed by atoms with van der Waals surface area (Å²) in [5.74, 6) is -1.16. The van der Waals surface area contributed by atoms with Crippen LogP contribution < -0.4 is 5.32 Å². The number of carboxylic acid groups (broad SMARTS) is 1. The van der Waals surface area contributed by atoms with Crippen LogP contribution in [0.5, 0.6) is 0 Å². The van der Waals surface area contributed by atoms with Crippen molar-refractivity contribution in [3.63, 3.8) is 0 Å². The Balaban J connectivity index is 1.43. The molecule has 3 aromatic carbocycles. The van der Waals surface area contributed by atoms with Gasteiger partial charge in [-0.05, 0) is 27.8 Å². The molecule has 0 spiro atoms. The molecule has 1 atom stereocenters. The molecule has 4 rings (SSSR count). The summed E-state index contributed by atoms with van der Waals surface area (Å²) >= 11 is 0. The van der Waals surface area contributed by atoms with E-state index in [-0.39, 0.29) is 18.9 Å². The summed E-state index contributed by atoms with van der Waals surface area (Å²) in [6.07, 6.45) is -0.532. The lowest BCUT2D eigenvalue weighted by molar-refractivity contribution is -0.139. The second-order valence-electron chi connectivity index (χ2n) is 7.05. The lowest BCUT2D eigenvalue weighted by Crippen LogP contribution is -2.42. The maximum absolute atomic E-state index is 12.3. The molecule has 0 saturated heterocycles. The van der Waals surface area contributed by atoms with Crippen LogP contribution >= 0.6 is 0 Å². The normalized spacial score (nSPS) is 13.2. The van der Waals surface area contributed by atoms with Gasteiger partial charge in [0.15, 0.2) is 0 Å². The minimum atomic E-state index is -1.10. The minimum absolute atomic E-state index is 0.0643. The van der Waals surface area contributed by atoms with Gasteiger partial charge in [0.25, 0.3) is 0 Å². The molecule has 0 radical (unpaired) electrons. The van der Waals surface area contributed by atoms with Crippen molar-refractivity contribution in [1.29, 1.82) is 0 Å². The quantitative estimate of drug-likeness (QED) is 0.620. The van der Waals surface area contributed by atoms with Gasteiger partial charge in [0.05, 0.1) is 0 Å². The fourth-order valence-corrected chi connectivity index (χ4v) is 3.83. The SMILES string of the molecule is O=C([15NH][C@H](Cc1ccccc1)C(=O)O)OCC1c2ccccc2-c2ccccc21. The summed E-state index contributed by atoms with van der Waals surface area (Å²) in [4.78, 5) is 23.9. The van der Waals surface area contributed by atoms with E-state index in [1.54, 1.807) is 0 Å². The zero-order valence-corrected chi connectivity index (χ0v) is 15.7. The number of hydrogen-bond acceptors (Lipinski definition) is 3. The summed E-state index contributed by atoms with van der Waals surface area (Å²) in [6, 6.07) is 24.3. The van der Waals surface area contributed by atoms with Gasteiger partial charge in [-0.2, -0.15) is 0 Å². The van der Waals surface area contributed by atoms with E-state index in [4.69, 9.17) is 4.74 Å². The van der Waals surface area contributed by atoms with Crippen LogP contribution in [0.2, 0.25) is 0 Å². The number of alkyl carbamates (subject to hydrolysis) is 1. The van der Waals surface area contributed by atoms with Gasteiger partial charge in [-0.15, -0.1) is 0 Å². The van der Waals surface area contributed by atoms with Crippen LogP contribution in [-0.2, 0) is 16.0 Å². The fourth-order valence-electron chi connectivity index (χ4n) is 3.83. The summed E-state index contributed by atoms with van der Waals surface area (Å²) in [5, 5.41) is 11.9. The molecule has 5 heteroatoms. The number of ether oxygens (including phenoxy) is 1. The molecule has 3 aromatic rings. The smallest absolute Gasteiger partial charge is 0.407 e. The molecular weight excluding hydrogens is 367 g/mol. The molecule has 0 fully saturated rings. The number of benzene rings is 3. The van der Waals surface area contributed by atoms with E-state index < -0.39 is 18.1 Å². The highest BCUT2D eigenvalue weighted by molar-refractivity contribution is 5.81. The Hall–Kier alpha value is -3.60. The molecule has 5 nitrogen and oxygen atoms in total. The molecule has 0 aliphatic heterocycles. The van der Waals surface area contributed by atoms with Gasteiger partial charge in [0.2, 0.25) is 0 Å². The lowest BCUT2D eigenvalue weighted by atomic mass is 9.98. The molecule has 0 bridgehead atoms. The standard InChI is InChI=1S/C24H21NO4/c26-23(27)22(14-16-8-2-1-3-9-16)25-24(28)29-15-21-19-12-6-4-10-17(19)18-11-5-7-13-20(18)21/h1-13,21-22H,14-15H2,(H,25,28)(H,26,27)/t22-/m1/s1/i25+1. The highest BCUT2D eigenvalue weighted by Gasteiger charge is 2.29. The van der Waals surface area contributed by atoms with Crippen molar-refractivity contribution in [2.45, 2.75) is 18.4 Å². The Bertz CT molecular complexity index is 986. The zero-order chi connectivity index (χ0) is 20.2. The van der Waals surface area contributed by atoms with Gasteiger partial charge >= 0.3 is 12.1 Å². The number of hydrogen-bond donors (Lipinski definition) is 2. The molecule has 1 aliphatic carbocycles. The largest absolute Gasteiger partial charge is 0.480 e. The number of aliphatic carboxylic acids is 1. The van der Waals surface area contributed by atoms with Crippen molar-refractivity contribution in [2.24, 2.45) is 0 Å². The van der Waals surface area contributed by atoms with Crippen molar-refractivity contribution in [3.8, 4) is 11.1 Å². The number of carboxylic acids is 1. The number of amides is 1. The second-order valence-corrected chi connectivity index (χ2v) is 7.05. The van der Waals surface area contributed by atoms with Crippen LogP contribution in [0.25, 0.3) is 11.1 Å². The summed E-state index contributed by atoms with van der Waals surface area (Å²) in [7, 11) is 0. The molecule has 0 unspecified atom stereocenters. The maximum Gasteiger partial charge on any atom is 0.407 e. The van der Waals surface area contributed by atoms with E-state index in [1.165, 1.54) is 0 Å². The maximum atomic E-state index is 12.3. The second kappa shape index (κ2) is 8.19. The number of rotatable bonds is 6. The third kappa shape index (κ3) is 3.99. The molecular formula is C24H21NO4. The van der Waals surface area contributed by atoms with E-state index in [0.717, 1.165) is 27.8 Å². The summed E-state index contributed by atoms with van der Waals surface area (Å²) in [5.41, 5.74) is 5.34. The molecule has 29 heavy (non-hydrogen) atoms. The number of carbonyl (C=O) groups excluding carboxylic acids is 1. The topological polar surface area (TPSA) is 75.6 Å².